The quantitative estimate of drug-likeness (QED) is 0.620. The van der Waals surface area contributed by atoms with E-state index in [4.69, 9.17) is 4.74 Å². The van der Waals surface area contributed by atoms with Crippen LogP contribution in [0.4, 0.5) is 0 Å². The monoisotopic (exact) mass is 216 g/mol. The summed E-state index contributed by atoms with van der Waals surface area (Å²) in [5.41, 5.74) is 2.72. The number of hydrogen-bond donors (Lipinski definition) is 0. The van der Waals surface area contributed by atoms with E-state index in [0.717, 1.165) is 11.1 Å². The van der Waals surface area contributed by atoms with Crippen LogP contribution in [0.3, 0.4) is 0 Å². The van der Waals surface area contributed by atoms with E-state index in [-0.39, 0.29) is 11.4 Å². The van der Waals surface area contributed by atoms with E-state index in [1.165, 1.54) is 0 Å². The molecule has 0 aliphatic carbocycles. The van der Waals surface area contributed by atoms with E-state index in [1.54, 1.807) is 0 Å². The third-order valence-corrected chi connectivity index (χ3v) is 2.43. The molecule has 1 heterocycles. The minimum atomic E-state index is -0.245. The van der Waals surface area contributed by atoms with Crippen molar-refractivity contribution in [3.63, 3.8) is 0 Å². The van der Waals surface area contributed by atoms with Crippen molar-refractivity contribution < 1.29 is 9.53 Å². The Morgan fingerprint density at radius 3 is 2.50 bits per heavy atom. The van der Waals surface area contributed by atoms with Crippen LogP contribution in [0.25, 0.3) is 5.76 Å². The molecule has 0 atom stereocenters. The molecule has 1 aromatic carbocycles. The van der Waals surface area contributed by atoms with Gasteiger partial charge in [0.05, 0.1) is 5.56 Å². The maximum Gasteiger partial charge on any atom is 0.344 e. The zero-order chi connectivity index (χ0) is 11.9. The highest BCUT2D eigenvalue weighted by molar-refractivity contribution is 6.03. The summed E-state index contributed by atoms with van der Waals surface area (Å²) in [6, 6.07) is 5.76. The lowest BCUT2D eigenvalue weighted by atomic mass is 9.93. The largest absolute Gasteiger partial charge is 0.423 e. The lowest BCUT2D eigenvalue weighted by Crippen LogP contribution is -2.01. The molecule has 1 aliphatic rings. The summed E-state index contributed by atoms with van der Waals surface area (Å²) >= 11 is 0. The number of aryl methyl sites for hydroxylation is 1. The van der Waals surface area contributed by atoms with Gasteiger partial charge in [-0.15, -0.1) is 0 Å². The molecule has 0 spiro atoms. The number of rotatable bonds is 0. The summed E-state index contributed by atoms with van der Waals surface area (Å²) in [7, 11) is 0. The van der Waals surface area contributed by atoms with Crippen molar-refractivity contribution in [3.8, 4) is 0 Å². The fourth-order valence-corrected chi connectivity index (χ4v) is 1.75. The van der Waals surface area contributed by atoms with Gasteiger partial charge in [0.1, 0.15) is 5.76 Å². The van der Waals surface area contributed by atoms with Crippen LogP contribution in [0.5, 0.6) is 0 Å². The van der Waals surface area contributed by atoms with Crippen molar-refractivity contribution in [2.75, 3.05) is 0 Å². The first kappa shape index (κ1) is 10.9. The molecule has 0 radical (unpaired) electrons. The summed E-state index contributed by atoms with van der Waals surface area (Å²) in [6.45, 7) is 8.27. The van der Waals surface area contributed by atoms with Crippen molar-refractivity contribution in [1.82, 2.24) is 0 Å². The molecule has 2 rings (SSSR count). The summed E-state index contributed by atoms with van der Waals surface area (Å²) in [5.74, 6) is 0.446. The highest BCUT2D eigenvalue weighted by atomic mass is 16.5. The van der Waals surface area contributed by atoms with Crippen LogP contribution in [-0.2, 0) is 4.74 Å². The van der Waals surface area contributed by atoms with Gasteiger partial charge in [0, 0.05) is 5.56 Å². The van der Waals surface area contributed by atoms with E-state index < -0.39 is 0 Å². The topological polar surface area (TPSA) is 26.3 Å². The lowest BCUT2D eigenvalue weighted by molar-refractivity contribution is 0.0714. The molecular formula is C14H16O2. The fraction of sp³-hybridized carbons (Fsp3) is 0.357. The van der Waals surface area contributed by atoms with Crippen LogP contribution >= 0.6 is 0 Å². The smallest absolute Gasteiger partial charge is 0.344 e. The maximum atomic E-state index is 11.6. The van der Waals surface area contributed by atoms with E-state index in [1.807, 2.05) is 31.2 Å². The van der Waals surface area contributed by atoms with Crippen LogP contribution in [-0.4, -0.2) is 5.97 Å². The van der Waals surface area contributed by atoms with Gasteiger partial charge in [-0.05, 0) is 30.5 Å². The third kappa shape index (κ3) is 2.01. The zero-order valence-electron chi connectivity index (χ0n) is 10.1. The van der Waals surface area contributed by atoms with Gasteiger partial charge in [0.15, 0.2) is 0 Å². The Kier molecular flexibility index (Phi) is 2.38. The highest BCUT2D eigenvalue weighted by Gasteiger charge is 2.27. The molecule has 0 amide bonds. The standard InChI is InChI=1S/C14H16O2/c1-9-5-6-10-11(7-9)12(16-13(10)15)8-14(2,3)4/h5-8H,1-4H3/b12-8-. The van der Waals surface area contributed by atoms with E-state index in [2.05, 4.69) is 20.8 Å². The second kappa shape index (κ2) is 3.48. The molecule has 2 heteroatoms. The minimum Gasteiger partial charge on any atom is -0.423 e. The Labute approximate surface area is 95.9 Å². The first-order chi connectivity index (χ1) is 7.37. The lowest BCUT2D eigenvalue weighted by Gasteiger charge is -2.13. The molecule has 0 unspecified atom stereocenters. The fourth-order valence-electron chi connectivity index (χ4n) is 1.75. The molecule has 0 N–H and O–H groups in total. The van der Waals surface area contributed by atoms with Crippen molar-refractivity contribution >= 4 is 11.7 Å². The van der Waals surface area contributed by atoms with Crippen molar-refractivity contribution in [2.24, 2.45) is 5.41 Å². The number of ether oxygens (including phenoxy) is 1. The second-order valence-electron chi connectivity index (χ2n) is 5.31. The Morgan fingerprint density at radius 2 is 1.88 bits per heavy atom. The molecule has 0 saturated carbocycles. The molecule has 1 aromatic rings. The molecule has 0 fully saturated rings. The van der Waals surface area contributed by atoms with Crippen molar-refractivity contribution in [2.45, 2.75) is 27.7 Å². The Hall–Kier alpha value is -1.57. The number of benzene rings is 1. The first-order valence-electron chi connectivity index (χ1n) is 5.43. The van der Waals surface area contributed by atoms with Crippen LogP contribution < -0.4 is 0 Å². The number of allylic oxidation sites excluding steroid dienone is 1. The van der Waals surface area contributed by atoms with Gasteiger partial charge in [0.25, 0.3) is 0 Å². The SMILES string of the molecule is Cc1ccc2c(c1)/C(=C/C(C)(C)C)OC2=O. The molecule has 0 aromatic heterocycles. The molecule has 16 heavy (non-hydrogen) atoms. The molecule has 0 saturated heterocycles. The molecular weight excluding hydrogens is 200 g/mol. The van der Waals surface area contributed by atoms with Crippen LogP contribution in [0, 0.1) is 12.3 Å². The number of cyclic esters (lactones) is 1. The predicted octanol–water partition coefficient (Wildman–Crippen LogP) is 3.55. The molecule has 0 bridgehead atoms. The van der Waals surface area contributed by atoms with Crippen LogP contribution in [0.15, 0.2) is 24.3 Å². The number of hydrogen-bond acceptors (Lipinski definition) is 2. The van der Waals surface area contributed by atoms with Gasteiger partial charge in [0.2, 0.25) is 0 Å². The second-order valence-corrected chi connectivity index (χ2v) is 5.31. The van der Waals surface area contributed by atoms with E-state index in [0.29, 0.717) is 11.3 Å². The average molecular weight is 216 g/mol. The number of fused-ring (bicyclic) bond motifs is 1. The zero-order valence-corrected chi connectivity index (χ0v) is 10.1. The summed E-state index contributed by atoms with van der Waals surface area (Å²) in [4.78, 5) is 11.6. The normalized spacial score (nSPS) is 17.5. The molecule has 1 aliphatic heterocycles. The van der Waals surface area contributed by atoms with Gasteiger partial charge in [-0.1, -0.05) is 32.4 Å². The Bertz CT molecular complexity index is 476. The maximum absolute atomic E-state index is 11.6. The van der Waals surface area contributed by atoms with E-state index in [9.17, 15) is 4.79 Å². The predicted molar refractivity (Wildman–Crippen MR) is 64.0 cm³/mol. The summed E-state index contributed by atoms with van der Waals surface area (Å²) < 4.78 is 5.28. The van der Waals surface area contributed by atoms with Crippen LogP contribution in [0.1, 0.15) is 42.3 Å². The van der Waals surface area contributed by atoms with Gasteiger partial charge in [-0.2, -0.15) is 0 Å². The summed E-state index contributed by atoms with van der Waals surface area (Å²) in [5, 5.41) is 0. The number of carbonyl (C=O) groups excluding carboxylic acids is 1. The highest BCUT2D eigenvalue weighted by Crippen LogP contribution is 2.33. The van der Waals surface area contributed by atoms with Gasteiger partial charge < -0.3 is 4.74 Å². The molecule has 2 nitrogen and oxygen atoms in total. The van der Waals surface area contributed by atoms with E-state index >= 15 is 0 Å². The third-order valence-electron chi connectivity index (χ3n) is 2.43. The van der Waals surface area contributed by atoms with Crippen molar-refractivity contribution in [3.05, 3.63) is 41.0 Å². The first-order valence-corrected chi connectivity index (χ1v) is 5.43. The molecule has 84 valence electrons. The Balaban J connectivity index is 2.54. The van der Waals surface area contributed by atoms with Crippen LogP contribution in [0.2, 0.25) is 0 Å². The number of esters is 1. The minimum absolute atomic E-state index is 0.000962. The summed E-state index contributed by atoms with van der Waals surface area (Å²) in [6.07, 6.45) is 2.00. The van der Waals surface area contributed by atoms with Gasteiger partial charge >= 0.3 is 5.97 Å². The average Bonchev–Trinajstić information content (AvgIpc) is 2.40. The van der Waals surface area contributed by atoms with Gasteiger partial charge in [-0.25, -0.2) is 4.79 Å². The number of carbonyl (C=O) groups is 1. The Morgan fingerprint density at radius 1 is 1.19 bits per heavy atom. The van der Waals surface area contributed by atoms with Gasteiger partial charge in [-0.3, -0.25) is 0 Å². The van der Waals surface area contributed by atoms with Crippen molar-refractivity contribution in [1.29, 1.82) is 0 Å².